The lowest BCUT2D eigenvalue weighted by Gasteiger charge is -2.10. The summed E-state index contributed by atoms with van der Waals surface area (Å²) >= 11 is 0. The van der Waals surface area contributed by atoms with Crippen LogP contribution in [0.15, 0.2) is 48.5 Å². The van der Waals surface area contributed by atoms with Gasteiger partial charge in [0.25, 0.3) is 0 Å². The smallest absolute Gasteiger partial charge is 0.0516 e. The first kappa shape index (κ1) is 10.1. The highest BCUT2D eigenvalue weighted by molar-refractivity contribution is 6.87. The number of hydrogen-bond donors (Lipinski definition) is 0. The summed E-state index contributed by atoms with van der Waals surface area (Å²) in [5, 5.41) is 0. The molecule has 0 saturated heterocycles. The van der Waals surface area contributed by atoms with Crippen LogP contribution in [0, 0.1) is 0 Å². The molecule has 3 aromatic rings. The second-order valence-corrected chi connectivity index (χ2v) is 9.00. The Kier molecular flexibility index (Phi) is 2.34. The molecule has 0 fully saturated rings. The molecule has 0 radical (unpaired) electrons. The van der Waals surface area contributed by atoms with Crippen molar-refractivity contribution in [2.24, 2.45) is 13.1 Å². The topological polar surface area (TPSA) is 0 Å². The first-order valence-electron chi connectivity index (χ1n) is 5.65. The molecule has 0 nitrogen and oxygen atoms in total. The number of aryl methyl sites for hydroxylation is 2. The van der Waals surface area contributed by atoms with Gasteiger partial charge in [0.05, 0.1) is 16.8 Å². The van der Waals surface area contributed by atoms with Crippen LogP contribution < -0.4 is 0 Å². The number of hydrogen-bond acceptors (Lipinski definition) is 0. The zero-order chi connectivity index (χ0) is 11.1. The van der Waals surface area contributed by atoms with Crippen LogP contribution in [0.25, 0.3) is 20.0 Å². The molecule has 0 aliphatic heterocycles. The Morgan fingerprint density at radius 2 is 0.812 bits per heavy atom. The van der Waals surface area contributed by atoms with E-state index in [-0.39, 0.29) is 0 Å². The van der Waals surface area contributed by atoms with Crippen LogP contribution >= 0.6 is 0 Å². The van der Waals surface area contributed by atoms with Gasteiger partial charge in [0, 0.05) is 0 Å². The third kappa shape index (κ3) is 1.33. The maximum atomic E-state index is 2.43. The van der Waals surface area contributed by atoms with Crippen molar-refractivity contribution in [2.45, 2.75) is 0 Å². The lowest BCUT2D eigenvalue weighted by atomic mass is 10.4. The van der Waals surface area contributed by atoms with Crippen molar-refractivity contribution in [1.29, 1.82) is 0 Å². The van der Waals surface area contributed by atoms with Crippen LogP contribution in [-0.4, -0.2) is 16.8 Å². The second-order valence-electron chi connectivity index (χ2n) is 4.34. The summed E-state index contributed by atoms with van der Waals surface area (Å²) in [6.07, 6.45) is 0. The van der Waals surface area contributed by atoms with Gasteiger partial charge in [0.1, 0.15) is 0 Å². The summed E-state index contributed by atoms with van der Waals surface area (Å²) in [5.74, 6) is 0. The third-order valence-corrected chi connectivity index (χ3v) is 8.95. The van der Waals surface area contributed by atoms with Crippen LogP contribution in [0.4, 0.5) is 0 Å². The molecule has 0 unspecified atom stereocenters. The minimum absolute atomic E-state index is 0.514. The van der Waals surface area contributed by atoms with E-state index in [0.717, 1.165) is 0 Å². The van der Waals surface area contributed by atoms with Gasteiger partial charge in [-0.25, -0.2) is 0 Å². The molecular formula is C14H14Si2. The van der Waals surface area contributed by atoms with Crippen molar-refractivity contribution < 1.29 is 0 Å². The molecule has 2 aromatic carbocycles. The molecule has 3 rings (SSSR count). The molecule has 1 aromatic heterocycles. The molecule has 2 heteroatoms. The molecule has 16 heavy (non-hydrogen) atoms. The Balaban J connectivity index is 2.67. The zero-order valence-electron chi connectivity index (χ0n) is 9.62. The molecule has 0 atom stereocenters. The predicted octanol–water partition coefficient (Wildman–Crippen LogP) is 3.12. The maximum absolute atomic E-state index is 2.43. The van der Waals surface area contributed by atoms with Crippen LogP contribution in [0.1, 0.15) is 0 Å². The van der Waals surface area contributed by atoms with Gasteiger partial charge >= 0.3 is 0 Å². The molecule has 0 bridgehead atoms. The van der Waals surface area contributed by atoms with Gasteiger partial charge in [-0.1, -0.05) is 61.6 Å². The normalized spacial score (nSPS) is 11.1. The zero-order valence-corrected chi connectivity index (χ0v) is 11.6. The molecular weight excluding hydrogens is 224 g/mol. The molecule has 0 aliphatic rings. The third-order valence-electron chi connectivity index (χ3n) is 3.47. The molecule has 0 spiro atoms. The van der Waals surface area contributed by atoms with E-state index in [4.69, 9.17) is 0 Å². The van der Waals surface area contributed by atoms with Crippen LogP contribution in [0.3, 0.4) is 0 Å². The Labute approximate surface area is 98.6 Å². The molecule has 0 amide bonds. The minimum atomic E-state index is -0.514. The summed E-state index contributed by atoms with van der Waals surface area (Å²) in [5.41, 5.74) is 0. The SMILES string of the molecule is C[si]1c2ccccc2[si](C)c2ccccc21. The van der Waals surface area contributed by atoms with Crippen LogP contribution in [0.5, 0.6) is 0 Å². The van der Waals surface area contributed by atoms with E-state index in [9.17, 15) is 0 Å². The standard InChI is InChI=1S/C14H14Si2/c1-15-11-7-3-5-9-13(11)16(2)14-10-6-4-8-12(14)15/h3-10H,1-2H3. The fourth-order valence-corrected chi connectivity index (χ4v) is 8.73. The highest BCUT2D eigenvalue weighted by Gasteiger charge is 2.07. The Bertz CT molecular complexity index is 570. The number of fused-ring (bicyclic) bond motifs is 2. The average molecular weight is 238 g/mol. The Morgan fingerprint density at radius 1 is 0.562 bits per heavy atom. The molecule has 78 valence electrons. The molecule has 0 N–H and O–H groups in total. The van der Waals surface area contributed by atoms with E-state index < -0.39 is 16.8 Å². The summed E-state index contributed by atoms with van der Waals surface area (Å²) in [4.78, 5) is 6.57. The first-order chi connectivity index (χ1) is 7.79. The molecule has 1 heterocycles. The summed E-state index contributed by atoms with van der Waals surface area (Å²) in [6, 6.07) is 18.1. The van der Waals surface area contributed by atoms with Crippen LogP contribution in [0.2, 0.25) is 0 Å². The monoisotopic (exact) mass is 238 g/mol. The van der Waals surface area contributed by atoms with Gasteiger partial charge in [-0.2, -0.15) is 0 Å². The lowest BCUT2D eigenvalue weighted by Crippen LogP contribution is -2.06. The van der Waals surface area contributed by atoms with E-state index >= 15 is 0 Å². The van der Waals surface area contributed by atoms with E-state index in [1.807, 2.05) is 0 Å². The van der Waals surface area contributed by atoms with Gasteiger partial charge in [-0.05, 0) is 20.0 Å². The second kappa shape index (κ2) is 3.72. The van der Waals surface area contributed by atoms with Crippen LogP contribution in [-0.2, 0) is 13.1 Å². The number of benzene rings is 2. The van der Waals surface area contributed by atoms with Crippen molar-refractivity contribution in [3.05, 3.63) is 48.5 Å². The van der Waals surface area contributed by atoms with Crippen molar-refractivity contribution >= 4 is 36.8 Å². The van der Waals surface area contributed by atoms with E-state index in [2.05, 4.69) is 61.6 Å². The molecule has 0 saturated carbocycles. The molecule has 0 aliphatic carbocycles. The minimum Gasteiger partial charge on any atom is -0.0621 e. The van der Waals surface area contributed by atoms with Crippen molar-refractivity contribution in [3.8, 4) is 0 Å². The highest BCUT2D eigenvalue weighted by atomic mass is 28.2. The predicted molar refractivity (Wildman–Crippen MR) is 75.3 cm³/mol. The highest BCUT2D eigenvalue weighted by Crippen LogP contribution is 2.20. The lowest BCUT2D eigenvalue weighted by molar-refractivity contribution is 1.82. The van der Waals surface area contributed by atoms with Gasteiger partial charge < -0.3 is 0 Å². The maximum Gasteiger partial charge on any atom is 0.0516 e. The van der Waals surface area contributed by atoms with E-state index in [1.54, 1.807) is 20.0 Å². The van der Waals surface area contributed by atoms with Gasteiger partial charge in [-0.15, -0.1) is 0 Å². The Hall–Kier alpha value is -1.13. The quantitative estimate of drug-likeness (QED) is 0.417. The van der Waals surface area contributed by atoms with Crippen molar-refractivity contribution in [1.82, 2.24) is 0 Å². The summed E-state index contributed by atoms with van der Waals surface area (Å²) < 4.78 is 0. The fraction of sp³-hybridized carbons (Fsp3) is 0.143. The average Bonchev–Trinajstić information content (AvgIpc) is 2.36. The van der Waals surface area contributed by atoms with Gasteiger partial charge in [0.2, 0.25) is 0 Å². The Morgan fingerprint density at radius 3 is 1.06 bits per heavy atom. The number of rotatable bonds is 0. The van der Waals surface area contributed by atoms with Crippen molar-refractivity contribution in [3.63, 3.8) is 0 Å². The van der Waals surface area contributed by atoms with Gasteiger partial charge in [0.15, 0.2) is 0 Å². The van der Waals surface area contributed by atoms with Gasteiger partial charge in [-0.3, -0.25) is 0 Å². The largest absolute Gasteiger partial charge is 0.0621 e. The van der Waals surface area contributed by atoms with E-state index in [1.165, 1.54) is 0 Å². The fourth-order valence-electron chi connectivity index (χ4n) is 2.56. The summed E-state index contributed by atoms with van der Waals surface area (Å²) in [7, 11) is -1.03. The van der Waals surface area contributed by atoms with E-state index in [0.29, 0.717) is 0 Å². The summed E-state index contributed by atoms with van der Waals surface area (Å²) in [6.45, 7) is 4.85. The first-order valence-corrected chi connectivity index (χ1v) is 9.65. The van der Waals surface area contributed by atoms with Crippen molar-refractivity contribution in [2.75, 3.05) is 0 Å².